The van der Waals surface area contributed by atoms with E-state index in [0.29, 0.717) is 18.1 Å². The number of pyridine rings is 1. The first kappa shape index (κ1) is 8.59. The molecule has 0 atom stereocenters. The summed E-state index contributed by atoms with van der Waals surface area (Å²) in [6.45, 7) is 6.01. The van der Waals surface area contributed by atoms with E-state index in [4.69, 9.17) is 4.74 Å². The van der Waals surface area contributed by atoms with Gasteiger partial charge in [-0.2, -0.15) is 0 Å². The van der Waals surface area contributed by atoms with Gasteiger partial charge in [0.2, 0.25) is 0 Å². The highest BCUT2D eigenvalue weighted by Crippen LogP contribution is 2.20. The standard InChI is InChI=1S/C9H11NO2/c1-3-12-7(2)9-8(11)5-4-6-10-9/h4-6,11H,2-3H2,1H3. The lowest BCUT2D eigenvalue weighted by atomic mass is 10.3. The van der Waals surface area contributed by atoms with Gasteiger partial charge in [-0.3, -0.25) is 0 Å². The summed E-state index contributed by atoms with van der Waals surface area (Å²) in [4.78, 5) is 3.92. The average Bonchev–Trinajstić information content (AvgIpc) is 2.05. The molecule has 0 saturated carbocycles. The van der Waals surface area contributed by atoms with Crippen LogP contribution in [0.2, 0.25) is 0 Å². The van der Waals surface area contributed by atoms with Crippen LogP contribution in [0.25, 0.3) is 5.76 Å². The number of hydrogen-bond donors (Lipinski definition) is 1. The summed E-state index contributed by atoms with van der Waals surface area (Å²) >= 11 is 0. The van der Waals surface area contributed by atoms with E-state index in [1.807, 2.05) is 6.92 Å². The number of aromatic hydroxyl groups is 1. The zero-order chi connectivity index (χ0) is 8.97. The molecule has 0 spiro atoms. The molecule has 12 heavy (non-hydrogen) atoms. The Bertz CT molecular complexity index is 284. The van der Waals surface area contributed by atoms with Crippen molar-refractivity contribution in [2.75, 3.05) is 6.61 Å². The lowest BCUT2D eigenvalue weighted by Crippen LogP contribution is -1.92. The first-order valence-corrected chi connectivity index (χ1v) is 3.71. The van der Waals surface area contributed by atoms with Crippen LogP contribution in [0.4, 0.5) is 0 Å². The lowest BCUT2D eigenvalue weighted by Gasteiger charge is -2.06. The van der Waals surface area contributed by atoms with Gasteiger partial charge in [-0.1, -0.05) is 6.58 Å². The maximum absolute atomic E-state index is 9.30. The summed E-state index contributed by atoms with van der Waals surface area (Å²) in [5, 5.41) is 9.30. The van der Waals surface area contributed by atoms with Gasteiger partial charge < -0.3 is 9.84 Å². The van der Waals surface area contributed by atoms with Crippen molar-refractivity contribution in [3.63, 3.8) is 0 Å². The molecule has 1 N–H and O–H groups in total. The van der Waals surface area contributed by atoms with Crippen LogP contribution in [-0.4, -0.2) is 16.7 Å². The Morgan fingerprint density at radius 1 is 1.75 bits per heavy atom. The third-order valence-electron chi connectivity index (χ3n) is 1.37. The fourth-order valence-corrected chi connectivity index (χ4v) is 0.854. The Labute approximate surface area is 71.3 Å². The summed E-state index contributed by atoms with van der Waals surface area (Å²) in [5.74, 6) is 0.492. The first-order chi connectivity index (χ1) is 5.75. The molecule has 0 aromatic carbocycles. The van der Waals surface area contributed by atoms with E-state index in [1.54, 1.807) is 18.3 Å². The fraction of sp³-hybridized carbons (Fsp3) is 0.222. The second-order valence-electron chi connectivity index (χ2n) is 2.23. The first-order valence-electron chi connectivity index (χ1n) is 3.71. The van der Waals surface area contributed by atoms with Crippen LogP contribution in [0.3, 0.4) is 0 Å². The molecule has 0 bridgehead atoms. The van der Waals surface area contributed by atoms with Crippen molar-refractivity contribution in [2.24, 2.45) is 0 Å². The van der Waals surface area contributed by atoms with E-state index in [1.165, 1.54) is 0 Å². The van der Waals surface area contributed by atoms with E-state index in [2.05, 4.69) is 11.6 Å². The summed E-state index contributed by atoms with van der Waals surface area (Å²) in [6, 6.07) is 3.20. The number of ether oxygens (including phenoxy) is 1. The molecular formula is C9H11NO2. The van der Waals surface area contributed by atoms with Gasteiger partial charge in [0.05, 0.1) is 6.61 Å². The second-order valence-corrected chi connectivity index (χ2v) is 2.23. The van der Waals surface area contributed by atoms with Crippen LogP contribution < -0.4 is 0 Å². The predicted molar refractivity (Wildman–Crippen MR) is 46.6 cm³/mol. The van der Waals surface area contributed by atoms with Crippen molar-refractivity contribution in [1.82, 2.24) is 4.98 Å². The van der Waals surface area contributed by atoms with Gasteiger partial charge in [-0.05, 0) is 19.1 Å². The van der Waals surface area contributed by atoms with Crippen LogP contribution >= 0.6 is 0 Å². The summed E-state index contributed by atoms with van der Waals surface area (Å²) in [5.41, 5.74) is 0.402. The highest BCUT2D eigenvalue weighted by molar-refractivity contribution is 5.59. The third-order valence-corrected chi connectivity index (χ3v) is 1.37. The Kier molecular flexibility index (Phi) is 2.69. The van der Waals surface area contributed by atoms with Gasteiger partial charge in [-0.15, -0.1) is 0 Å². The van der Waals surface area contributed by atoms with Crippen molar-refractivity contribution in [2.45, 2.75) is 6.92 Å². The lowest BCUT2D eigenvalue weighted by molar-refractivity contribution is 0.295. The van der Waals surface area contributed by atoms with Crippen LogP contribution in [0.5, 0.6) is 5.75 Å². The number of nitrogens with zero attached hydrogens (tertiary/aromatic N) is 1. The minimum atomic E-state index is 0.0935. The highest BCUT2D eigenvalue weighted by Gasteiger charge is 2.05. The Hall–Kier alpha value is -1.51. The SMILES string of the molecule is C=C(OCC)c1ncccc1O. The number of aromatic nitrogens is 1. The quantitative estimate of drug-likeness (QED) is 0.694. The summed E-state index contributed by atoms with van der Waals surface area (Å²) in [6.07, 6.45) is 1.58. The maximum Gasteiger partial charge on any atom is 0.146 e. The molecule has 1 heterocycles. The Morgan fingerprint density at radius 2 is 2.50 bits per heavy atom. The van der Waals surface area contributed by atoms with Gasteiger partial charge in [-0.25, -0.2) is 4.98 Å². The molecule has 3 nitrogen and oxygen atoms in total. The van der Waals surface area contributed by atoms with Crippen molar-refractivity contribution < 1.29 is 9.84 Å². The second kappa shape index (κ2) is 3.76. The van der Waals surface area contributed by atoms with E-state index in [0.717, 1.165) is 0 Å². The average molecular weight is 165 g/mol. The molecule has 1 rings (SSSR count). The van der Waals surface area contributed by atoms with Gasteiger partial charge in [0.1, 0.15) is 17.2 Å². The fourth-order valence-electron chi connectivity index (χ4n) is 0.854. The molecular weight excluding hydrogens is 154 g/mol. The molecule has 1 aromatic rings. The molecule has 0 unspecified atom stereocenters. The van der Waals surface area contributed by atoms with Crippen molar-refractivity contribution in [1.29, 1.82) is 0 Å². The highest BCUT2D eigenvalue weighted by atomic mass is 16.5. The molecule has 0 aliphatic rings. The molecule has 0 amide bonds. The molecule has 3 heteroatoms. The van der Waals surface area contributed by atoms with E-state index in [9.17, 15) is 5.11 Å². The zero-order valence-electron chi connectivity index (χ0n) is 6.95. The van der Waals surface area contributed by atoms with Gasteiger partial charge in [0.15, 0.2) is 0 Å². The number of rotatable bonds is 3. The van der Waals surface area contributed by atoms with Crippen LogP contribution in [-0.2, 0) is 4.74 Å². The molecule has 0 fully saturated rings. The van der Waals surface area contributed by atoms with Crippen LogP contribution in [0, 0.1) is 0 Å². The Balaban J connectivity index is 2.87. The molecule has 64 valence electrons. The molecule has 0 radical (unpaired) electrons. The van der Waals surface area contributed by atoms with Crippen molar-refractivity contribution in [3.05, 3.63) is 30.6 Å². The number of hydrogen-bond acceptors (Lipinski definition) is 3. The Morgan fingerprint density at radius 3 is 3.08 bits per heavy atom. The third kappa shape index (κ3) is 1.75. The van der Waals surface area contributed by atoms with E-state index < -0.39 is 0 Å². The van der Waals surface area contributed by atoms with Crippen molar-refractivity contribution in [3.8, 4) is 5.75 Å². The minimum Gasteiger partial charge on any atom is -0.506 e. The van der Waals surface area contributed by atoms with Crippen LogP contribution in [0.1, 0.15) is 12.6 Å². The largest absolute Gasteiger partial charge is 0.506 e. The normalized spacial score (nSPS) is 9.42. The molecule has 0 aliphatic carbocycles. The smallest absolute Gasteiger partial charge is 0.146 e. The monoisotopic (exact) mass is 165 g/mol. The van der Waals surface area contributed by atoms with Gasteiger partial charge >= 0.3 is 0 Å². The molecule has 0 aliphatic heterocycles. The van der Waals surface area contributed by atoms with Gasteiger partial charge in [0.25, 0.3) is 0 Å². The van der Waals surface area contributed by atoms with Gasteiger partial charge in [0, 0.05) is 6.20 Å². The van der Waals surface area contributed by atoms with E-state index in [-0.39, 0.29) is 5.75 Å². The predicted octanol–water partition coefficient (Wildman–Crippen LogP) is 1.79. The summed E-state index contributed by atoms with van der Waals surface area (Å²) in [7, 11) is 0. The molecule has 0 saturated heterocycles. The van der Waals surface area contributed by atoms with Crippen LogP contribution in [0.15, 0.2) is 24.9 Å². The molecule has 1 aromatic heterocycles. The summed E-state index contributed by atoms with van der Waals surface area (Å²) < 4.78 is 5.09. The van der Waals surface area contributed by atoms with Crippen molar-refractivity contribution >= 4 is 5.76 Å². The zero-order valence-corrected chi connectivity index (χ0v) is 6.95. The maximum atomic E-state index is 9.30. The minimum absolute atomic E-state index is 0.0935. The topological polar surface area (TPSA) is 42.4 Å². The van der Waals surface area contributed by atoms with E-state index >= 15 is 0 Å².